The number of nitrogens with one attached hydrogen (secondary N) is 1. The lowest BCUT2D eigenvalue weighted by Gasteiger charge is -2.40. The van der Waals surface area contributed by atoms with Crippen molar-refractivity contribution in [3.05, 3.63) is 35.4 Å². The Bertz CT molecular complexity index is 400. The maximum Gasteiger partial charge on any atom is 0.0240 e. The van der Waals surface area contributed by atoms with Gasteiger partial charge in [-0.05, 0) is 30.4 Å². The summed E-state index contributed by atoms with van der Waals surface area (Å²) in [5, 5.41) is 3.67. The van der Waals surface area contributed by atoms with Crippen LogP contribution >= 0.6 is 0 Å². The third kappa shape index (κ3) is 3.58. The van der Waals surface area contributed by atoms with E-state index in [4.69, 9.17) is 0 Å². The summed E-state index contributed by atoms with van der Waals surface area (Å²) in [5.41, 5.74) is 3.00. The van der Waals surface area contributed by atoms with Gasteiger partial charge < -0.3 is 5.32 Å². The Kier molecular flexibility index (Phi) is 5.00. The molecule has 2 atom stereocenters. The van der Waals surface area contributed by atoms with Crippen LogP contribution in [0.25, 0.3) is 0 Å². The number of hydrogen-bond acceptors (Lipinski definition) is 2. The summed E-state index contributed by atoms with van der Waals surface area (Å²) in [6.07, 6.45) is 1.13. The van der Waals surface area contributed by atoms with Gasteiger partial charge in [-0.3, -0.25) is 4.90 Å². The van der Waals surface area contributed by atoms with Crippen LogP contribution in [0.3, 0.4) is 0 Å². The number of hydrogen-bond donors (Lipinski definition) is 1. The Morgan fingerprint density at radius 3 is 2.58 bits per heavy atom. The van der Waals surface area contributed by atoms with E-state index in [1.165, 1.54) is 11.1 Å². The van der Waals surface area contributed by atoms with Crippen molar-refractivity contribution in [1.29, 1.82) is 0 Å². The standard InChI is InChI=1S/C17H28N2/c1-5-15-8-6-7-9-16(15)11-19-12-17(13(2)3)18-10-14(19)4/h6-9,13-14,17-18H,5,10-12H2,1-4H3. The third-order valence-corrected chi connectivity index (χ3v) is 4.41. The molecule has 2 nitrogen and oxygen atoms in total. The van der Waals surface area contributed by atoms with E-state index in [9.17, 15) is 0 Å². The zero-order valence-electron chi connectivity index (χ0n) is 12.8. The minimum absolute atomic E-state index is 0.625. The molecule has 1 fully saturated rings. The second-order valence-electron chi connectivity index (χ2n) is 6.16. The predicted molar refractivity (Wildman–Crippen MR) is 82.3 cm³/mol. The fraction of sp³-hybridized carbons (Fsp3) is 0.647. The van der Waals surface area contributed by atoms with Gasteiger partial charge >= 0.3 is 0 Å². The Balaban J connectivity index is 2.07. The Morgan fingerprint density at radius 2 is 1.95 bits per heavy atom. The summed E-state index contributed by atoms with van der Waals surface area (Å²) in [7, 11) is 0. The second-order valence-corrected chi connectivity index (χ2v) is 6.16. The largest absolute Gasteiger partial charge is 0.311 e. The first-order valence-corrected chi connectivity index (χ1v) is 7.66. The molecule has 106 valence electrons. The molecule has 1 aromatic rings. The predicted octanol–water partition coefficient (Wildman–Crippen LogP) is 3.07. The molecule has 2 unspecified atom stereocenters. The molecule has 0 amide bonds. The highest BCUT2D eigenvalue weighted by Crippen LogP contribution is 2.18. The lowest BCUT2D eigenvalue weighted by molar-refractivity contribution is 0.116. The maximum atomic E-state index is 3.67. The van der Waals surface area contributed by atoms with Gasteiger partial charge in [0.1, 0.15) is 0 Å². The van der Waals surface area contributed by atoms with Crippen LogP contribution in [0.15, 0.2) is 24.3 Å². The molecular weight excluding hydrogens is 232 g/mol. The second kappa shape index (κ2) is 6.53. The quantitative estimate of drug-likeness (QED) is 0.895. The van der Waals surface area contributed by atoms with Crippen LogP contribution in [-0.2, 0) is 13.0 Å². The van der Waals surface area contributed by atoms with Gasteiger partial charge in [0.2, 0.25) is 0 Å². The van der Waals surface area contributed by atoms with Gasteiger partial charge in [-0.25, -0.2) is 0 Å². The van der Waals surface area contributed by atoms with E-state index in [1.54, 1.807) is 0 Å². The molecule has 1 N–H and O–H groups in total. The molecule has 1 aliphatic heterocycles. The van der Waals surface area contributed by atoms with Crippen molar-refractivity contribution in [1.82, 2.24) is 10.2 Å². The molecule has 0 aliphatic carbocycles. The fourth-order valence-electron chi connectivity index (χ4n) is 2.89. The molecule has 2 rings (SSSR count). The first-order valence-electron chi connectivity index (χ1n) is 7.66. The van der Waals surface area contributed by atoms with Gasteiger partial charge in [0.15, 0.2) is 0 Å². The van der Waals surface area contributed by atoms with Gasteiger partial charge in [-0.2, -0.15) is 0 Å². The number of piperazine rings is 1. The van der Waals surface area contributed by atoms with Crippen LogP contribution in [-0.4, -0.2) is 30.1 Å². The van der Waals surface area contributed by atoms with Crippen molar-refractivity contribution in [2.45, 2.75) is 52.7 Å². The molecule has 0 spiro atoms. The number of aryl methyl sites for hydroxylation is 1. The van der Waals surface area contributed by atoms with Crippen molar-refractivity contribution in [2.75, 3.05) is 13.1 Å². The molecule has 1 aromatic carbocycles. The lowest BCUT2D eigenvalue weighted by atomic mass is 9.98. The Labute approximate surface area is 118 Å². The highest BCUT2D eigenvalue weighted by atomic mass is 15.2. The monoisotopic (exact) mass is 260 g/mol. The summed E-state index contributed by atoms with van der Waals surface area (Å²) in [4.78, 5) is 2.63. The van der Waals surface area contributed by atoms with Crippen molar-refractivity contribution >= 4 is 0 Å². The summed E-state index contributed by atoms with van der Waals surface area (Å²) >= 11 is 0. The SMILES string of the molecule is CCc1ccccc1CN1CC(C(C)C)NCC1C. The highest BCUT2D eigenvalue weighted by Gasteiger charge is 2.26. The molecule has 1 aliphatic rings. The smallest absolute Gasteiger partial charge is 0.0240 e. The Morgan fingerprint density at radius 1 is 1.26 bits per heavy atom. The molecule has 1 saturated heterocycles. The molecule has 19 heavy (non-hydrogen) atoms. The van der Waals surface area contributed by atoms with Crippen LogP contribution in [0.4, 0.5) is 0 Å². The number of rotatable bonds is 4. The average molecular weight is 260 g/mol. The summed E-state index contributed by atoms with van der Waals surface area (Å²) in [5.74, 6) is 0.705. The zero-order chi connectivity index (χ0) is 13.8. The normalized spacial score (nSPS) is 24.9. The van der Waals surface area contributed by atoms with Crippen molar-refractivity contribution < 1.29 is 0 Å². The van der Waals surface area contributed by atoms with Crippen molar-refractivity contribution in [3.8, 4) is 0 Å². The molecule has 2 heteroatoms. The zero-order valence-corrected chi connectivity index (χ0v) is 12.8. The highest BCUT2D eigenvalue weighted by molar-refractivity contribution is 5.27. The molecule has 0 radical (unpaired) electrons. The lowest BCUT2D eigenvalue weighted by Crippen LogP contribution is -2.56. The maximum absolute atomic E-state index is 3.67. The first kappa shape index (κ1) is 14.5. The molecule has 0 bridgehead atoms. The van der Waals surface area contributed by atoms with Crippen LogP contribution < -0.4 is 5.32 Å². The van der Waals surface area contributed by atoms with E-state index < -0.39 is 0 Å². The van der Waals surface area contributed by atoms with Gasteiger partial charge in [0.05, 0.1) is 0 Å². The van der Waals surface area contributed by atoms with Gasteiger partial charge in [0, 0.05) is 31.7 Å². The molecule has 1 heterocycles. The summed E-state index contributed by atoms with van der Waals surface area (Å²) in [6, 6.07) is 10.1. The fourth-order valence-corrected chi connectivity index (χ4v) is 2.89. The van der Waals surface area contributed by atoms with Gasteiger partial charge in [-0.1, -0.05) is 45.0 Å². The minimum atomic E-state index is 0.625. The van der Waals surface area contributed by atoms with Crippen LogP contribution in [0, 0.1) is 5.92 Å². The van der Waals surface area contributed by atoms with E-state index in [2.05, 4.69) is 62.2 Å². The van der Waals surface area contributed by atoms with Crippen LogP contribution in [0.1, 0.15) is 38.8 Å². The van der Waals surface area contributed by atoms with E-state index in [1.807, 2.05) is 0 Å². The van der Waals surface area contributed by atoms with Gasteiger partial charge in [-0.15, -0.1) is 0 Å². The number of benzene rings is 1. The van der Waals surface area contributed by atoms with E-state index in [-0.39, 0.29) is 0 Å². The van der Waals surface area contributed by atoms with Crippen molar-refractivity contribution in [3.63, 3.8) is 0 Å². The Hall–Kier alpha value is -0.860. The third-order valence-electron chi connectivity index (χ3n) is 4.41. The van der Waals surface area contributed by atoms with E-state index in [0.717, 1.165) is 26.1 Å². The topological polar surface area (TPSA) is 15.3 Å². The number of nitrogens with zero attached hydrogens (tertiary/aromatic N) is 1. The average Bonchev–Trinajstić information content (AvgIpc) is 2.41. The van der Waals surface area contributed by atoms with E-state index >= 15 is 0 Å². The summed E-state index contributed by atoms with van der Waals surface area (Å²) < 4.78 is 0. The first-order chi connectivity index (χ1) is 9.11. The van der Waals surface area contributed by atoms with Crippen LogP contribution in [0.2, 0.25) is 0 Å². The molecule has 0 saturated carbocycles. The van der Waals surface area contributed by atoms with E-state index in [0.29, 0.717) is 18.0 Å². The minimum Gasteiger partial charge on any atom is -0.311 e. The van der Waals surface area contributed by atoms with Crippen LogP contribution in [0.5, 0.6) is 0 Å². The van der Waals surface area contributed by atoms with Gasteiger partial charge in [0.25, 0.3) is 0 Å². The summed E-state index contributed by atoms with van der Waals surface area (Å²) in [6.45, 7) is 12.6. The molecular formula is C17H28N2. The molecule has 0 aromatic heterocycles. The van der Waals surface area contributed by atoms with Crippen molar-refractivity contribution in [2.24, 2.45) is 5.92 Å².